The molecule has 1 N–H and O–H groups in total. The topological polar surface area (TPSA) is 90.0 Å². The Balaban J connectivity index is 2.15. The molecule has 0 saturated heterocycles. The molecule has 0 aliphatic carbocycles. The fraction of sp³-hybridized carbons (Fsp3) is 0.333. The molecule has 18 heavy (non-hydrogen) atoms. The fourth-order valence-corrected chi connectivity index (χ4v) is 2.68. The standard InChI is InChI=1S/C9H11ClN4O3S/c1-6-3-11-7(17-6)4-13-18(15,16)9-8(10)14(2)5-12-9/h3,5,13H,4H2,1-2H3. The summed E-state index contributed by atoms with van der Waals surface area (Å²) in [7, 11) is -2.17. The highest BCUT2D eigenvalue weighted by molar-refractivity contribution is 7.89. The van der Waals surface area contributed by atoms with Gasteiger partial charge in [-0.2, -0.15) is 0 Å². The first-order chi connectivity index (χ1) is 8.40. The molecule has 0 atom stereocenters. The zero-order chi connectivity index (χ0) is 13.3. The summed E-state index contributed by atoms with van der Waals surface area (Å²) >= 11 is 5.82. The molecule has 0 saturated carbocycles. The molecule has 2 heterocycles. The van der Waals surface area contributed by atoms with E-state index in [2.05, 4.69) is 14.7 Å². The first kappa shape index (κ1) is 13.1. The van der Waals surface area contributed by atoms with Crippen LogP contribution in [0.5, 0.6) is 0 Å². The third kappa shape index (κ3) is 2.55. The second-order valence-corrected chi connectivity index (χ2v) is 5.68. The van der Waals surface area contributed by atoms with Crippen LogP contribution in [0, 0.1) is 6.92 Å². The molecule has 0 aliphatic rings. The van der Waals surface area contributed by atoms with Crippen molar-refractivity contribution in [2.75, 3.05) is 0 Å². The quantitative estimate of drug-likeness (QED) is 0.901. The fourth-order valence-electron chi connectivity index (χ4n) is 1.28. The lowest BCUT2D eigenvalue weighted by Gasteiger charge is -2.02. The third-order valence-corrected chi connectivity index (χ3v) is 4.06. The van der Waals surface area contributed by atoms with Crippen molar-refractivity contribution in [1.82, 2.24) is 19.3 Å². The Morgan fingerprint density at radius 1 is 1.50 bits per heavy atom. The number of hydrogen-bond donors (Lipinski definition) is 1. The van der Waals surface area contributed by atoms with E-state index in [0.29, 0.717) is 5.76 Å². The van der Waals surface area contributed by atoms with Crippen molar-refractivity contribution in [2.45, 2.75) is 18.5 Å². The number of aromatic nitrogens is 3. The minimum atomic E-state index is -3.77. The van der Waals surface area contributed by atoms with Gasteiger partial charge in [-0.3, -0.25) is 0 Å². The molecule has 7 nitrogen and oxygen atoms in total. The number of halogens is 1. The Labute approximate surface area is 109 Å². The maximum absolute atomic E-state index is 11.9. The summed E-state index contributed by atoms with van der Waals surface area (Å²) < 4.78 is 32.7. The lowest BCUT2D eigenvalue weighted by atomic mass is 10.6. The van der Waals surface area contributed by atoms with Gasteiger partial charge in [-0.25, -0.2) is 23.1 Å². The van der Waals surface area contributed by atoms with E-state index in [1.807, 2.05) is 0 Å². The second kappa shape index (κ2) is 4.71. The van der Waals surface area contributed by atoms with E-state index in [1.165, 1.54) is 17.1 Å². The van der Waals surface area contributed by atoms with E-state index in [-0.39, 0.29) is 22.6 Å². The maximum atomic E-state index is 11.9. The normalized spacial score (nSPS) is 11.9. The van der Waals surface area contributed by atoms with Gasteiger partial charge in [-0.15, -0.1) is 0 Å². The highest BCUT2D eigenvalue weighted by Crippen LogP contribution is 2.18. The molecule has 2 rings (SSSR count). The van der Waals surface area contributed by atoms with Crippen LogP contribution in [0.1, 0.15) is 11.7 Å². The van der Waals surface area contributed by atoms with Crippen LogP contribution < -0.4 is 4.72 Å². The minimum Gasteiger partial charge on any atom is -0.445 e. The number of nitrogens with zero attached hydrogens (tertiary/aromatic N) is 3. The van der Waals surface area contributed by atoms with Crippen LogP contribution in [0.15, 0.2) is 22.0 Å². The van der Waals surface area contributed by atoms with E-state index in [1.54, 1.807) is 14.0 Å². The van der Waals surface area contributed by atoms with E-state index < -0.39 is 10.0 Å². The molecule has 9 heteroatoms. The van der Waals surface area contributed by atoms with E-state index >= 15 is 0 Å². The number of imidazole rings is 1. The molecule has 2 aromatic rings. The SMILES string of the molecule is Cc1cnc(CNS(=O)(=O)c2ncn(C)c2Cl)o1. The van der Waals surface area contributed by atoms with Gasteiger partial charge in [0.25, 0.3) is 10.0 Å². The summed E-state index contributed by atoms with van der Waals surface area (Å²) in [5.41, 5.74) is 0. The molecule has 0 aliphatic heterocycles. The van der Waals surface area contributed by atoms with Crippen LogP contribution >= 0.6 is 11.6 Å². The van der Waals surface area contributed by atoms with Crippen molar-refractivity contribution in [3.63, 3.8) is 0 Å². The number of rotatable bonds is 4. The van der Waals surface area contributed by atoms with E-state index in [0.717, 1.165) is 0 Å². The van der Waals surface area contributed by atoms with Gasteiger partial charge in [0.15, 0.2) is 0 Å². The minimum absolute atomic E-state index is 0.0473. The number of oxazole rings is 1. The Morgan fingerprint density at radius 2 is 2.22 bits per heavy atom. The lowest BCUT2D eigenvalue weighted by molar-refractivity contribution is 0.463. The molecule has 0 spiro atoms. The molecule has 0 unspecified atom stereocenters. The van der Waals surface area contributed by atoms with Gasteiger partial charge in [0, 0.05) is 7.05 Å². The van der Waals surface area contributed by atoms with Gasteiger partial charge in [0.1, 0.15) is 10.9 Å². The van der Waals surface area contributed by atoms with Gasteiger partial charge < -0.3 is 8.98 Å². The van der Waals surface area contributed by atoms with Gasteiger partial charge in [0.2, 0.25) is 10.9 Å². The van der Waals surface area contributed by atoms with Crippen molar-refractivity contribution in [1.29, 1.82) is 0 Å². The van der Waals surface area contributed by atoms with Crippen LogP contribution in [-0.4, -0.2) is 23.0 Å². The predicted molar refractivity (Wildman–Crippen MR) is 63.5 cm³/mol. The molecule has 2 aromatic heterocycles. The van der Waals surface area contributed by atoms with Crippen LogP contribution in [0.3, 0.4) is 0 Å². The summed E-state index contributed by atoms with van der Waals surface area (Å²) in [6, 6.07) is 0. The summed E-state index contributed by atoms with van der Waals surface area (Å²) in [6.45, 7) is 1.67. The van der Waals surface area contributed by atoms with Crippen molar-refractivity contribution < 1.29 is 12.8 Å². The highest BCUT2D eigenvalue weighted by atomic mass is 35.5. The average molecular weight is 291 g/mol. The van der Waals surface area contributed by atoms with Crippen LogP contribution in [0.2, 0.25) is 5.15 Å². The molecule has 0 fully saturated rings. The van der Waals surface area contributed by atoms with Gasteiger partial charge in [-0.05, 0) is 6.92 Å². The van der Waals surface area contributed by atoms with Crippen molar-refractivity contribution in [3.05, 3.63) is 29.3 Å². The maximum Gasteiger partial charge on any atom is 0.261 e. The Morgan fingerprint density at radius 3 is 2.72 bits per heavy atom. The van der Waals surface area contributed by atoms with Crippen molar-refractivity contribution in [2.24, 2.45) is 7.05 Å². The molecular weight excluding hydrogens is 280 g/mol. The number of hydrogen-bond acceptors (Lipinski definition) is 5. The van der Waals surface area contributed by atoms with Gasteiger partial charge in [0.05, 0.1) is 19.1 Å². The van der Waals surface area contributed by atoms with Crippen LogP contribution in [0.4, 0.5) is 0 Å². The summed E-state index contributed by atoms with van der Waals surface area (Å²) in [6.07, 6.45) is 2.84. The first-order valence-electron chi connectivity index (χ1n) is 4.98. The van der Waals surface area contributed by atoms with Crippen molar-refractivity contribution >= 4 is 21.6 Å². The molecule has 0 aromatic carbocycles. The lowest BCUT2D eigenvalue weighted by Crippen LogP contribution is -2.24. The Bertz CT molecular complexity index is 661. The zero-order valence-electron chi connectivity index (χ0n) is 9.71. The largest absolute Gasteiger partial charge is 0.445 e. The van der Waals surface area contributed by atoms with E-state index in [9.17, 15) is 8.42 Å². The number of sulfonamides is 1. The predicted octanol–water partition coefficient (Wildman–Crippen LogP) is 0.848. The van der Waals surface area contributed by atoms with Crippen LogP contribution in [0.25, 0.3) is 0 Å². The molecule has 98 valence electrons. The van der Waals surface area contributed by atoms with Gasteiger partial charge >= 0.3 is 0 Å². The first-order valence-corrected chi connectivity index (χ1v) is 6.84. The summed E-state index contributed by atoms with van der Waals surface area (Å²) in [4.78, 5) is 7.62. The smallest absolute Gasteiger partial charge is 0.261 e. The van der Waals surface area contributed by atoms with Crippen LogP contribution in [-0.2, 0) is 23.6 Å². The summed E-state index contributed by atoms with van der Waals surface area (Å²) in [5.74, 6) is 0.892. The molecular formula is C9H11ClN4O3S. The van der Waals surface area contributed by atoms with Gasteiger partial charge in [-0.1, -0.05) is 11.6 Å². The number of aryl methyl sites for hydroxylation is 2. The Kier molecular flexibility index (Phi) is 3.42. The van der Waals surface area contributed by atoms with Crippen molar-refractivity contribution in [3.8, 4) is 0 Å². The Hall–Kier alpha value is -1.38. The second-order valence-electron chi connectivity index (χ2n) is 3.64. The highest BCUT2D eigenvalue weighted by Gasteiger charge is 2.22. The molecule has 0 radical (unpaired) electrons. The molecule has 0 amide bonds. The zero-order valence-corrected chi connectivity index (χ0v) is 11.3. The third-order valence-electron chi connectivity index (χ3n) is 2.17. The van der Waals surface area contributed by atoms with E-state index in [4.69, 9.17) is 16.0 Å². The molecule has 0 bridgehead atoms. The average Bonchev–Trinajstić information content (AvgIpc) is 2.85. The number of nitrogens with one attached hydrogen (secondary N) is 1. The summed E-state index contributed by atoms with van der Waals surface area (Å²) in [5, 5.41) is -0.166. The monoisotopic (exact) mass is 290 g/mol.